The van der Waals surface area contributed by atoms with Crippen LogP contribution < -0.4 is 15.5 Å². The fourth-order valence-corrected chi connectivity index (χ4v) is 2.95. The minimum Gasteiger partial charge on any atom is -0.497 e. The Balaban J connectivity index is 1.93. The fraction of sp³-hybridized carbons (Fsp3) is 0.286. The van der Waals surface area contributed by atoms with Crippen LogP contribution >= 0.6 is 11.8 Å². The van der Waals surface area contributed by atoms with E-state index < -0.39 is 7.12 Å². The molecule has 0 fully saturated rings. The van der Waals surface area contributed by atoms with Crippen molar-refractivity contribution in [3.63, 3.8) is 0 Å². The van der Waals surface area contributed by atoms with Crippen molar-refractivity contribution < 1.29 is 14.4 Å². The van der Waals surface area contributed by atoms with Gasteiger partial charge >= 0.3 is 7.12 Å². The van der Waals surface area contributed by atoms with Crippen molar-refractivity contribution in [3.05, 3.63) is 29.5 Å². The quantitative estimate of drug-likeness (QED) is 0.502. The Hall–Kier alpha value is -1.77. The summed E-state index contributed by atoms with van der Waals surface area (Å²) in [7, 11) is 0.635. The molecule has 0 unspecified atom stereocenters. The Morgan fingerprint density at radius 1 is 1.45 bits per heavy atom. The largest absolute Gasteiger partial charge is 0.497 e. The molecule has 3 rings (SSSR count). The van der Waals surface area contributed by atoms with Crippen LogP contribution in [0.1, 0.15) is 11.1 Å². The van der Waals surface area contributed by atoms with Crippen LogP contribution in [0.25, 0.3) is 0 Å². The van der Waals surface area contributed by atoms with Crippen molar-refractivity contribution >= 4 is 36.0 Å². The van der Waals surface area contributed by atoms with E-state index in [9.17, 15) is 5.02 Å². The number of fused-ring (bicyclic) bond motifs is 1. The summed E-state index contributed by atoms with van der Waals surface area (Å²) >= 11 is 1.58. The molecule has 2 aromatic rings. The van der Waals surface area contributed by atoms with Crippen LogP contribution in [0.15, 0.2) is 23.4 Å². The lowest BCUT2D eigenvalue weighted by Crippen LogP contribution is -2.29. The summed E-state index contributed by atoms with van der Waals surface area (Å²) in [6.45, 7) is 2.33. The molecule has 1 aliphatic heterocycles. The van der Waals surface area contributed by atoms with Gasteiger partial charge in [0.15, 0.2) is 0 Å². The fourth-order valence-electron chi connectivity index (χ4n) is 2.40. The first-order valence-corrected chi connectivity index (χ1v) is 8.00. The highest BCUT2D eigenvalue weighted by molar-refractivity contribution is 7.98. The molecular weight excluding hydrogens is 301 g/mol. The summed E-state index contributed by atoms with van der Waals surface area (Å²) in [6, 6.07) is 3.72. The number of ether oxygens (including phenoxy) is 1. The molecule has 0 aliphatic carbocycles. The van der Waals surface area contributed by atoms with Gasteiger partial charge in [-0.2, -0.15) is 0 Å². The number of benzene rings is 1. The highest BCUT2D eigenvalue weighted by atomic mass is 32.2. The van der Waals surface area contributed by atoms with Crippen LogP contribution in [-0.4, -0.2) is 35.5 Å². The van der Waals surface area contributed by atoms with Crippen LogP contribution in [0, 0.1) is 6.92 Å². The molecule has 0 saturated heterocycles. The molecule has 1 aromatic heterocycles. The first-order valence-electron chi connectivity index (χ1n) is 6.77. The van der Waals surface area contributed by atoms with Crippen molar-refractivity contribution in [2.24, 2.45) is 0 Å². The number of rotatable bonds is 4. The smallest absolute Gasteiger partial charge is 0.495 e. The number of hydrogen-bond donors (Lipinski definition) is 2. The highest BCUT2D eigenvalue weighted by Gasteiger charge is 2.31. The maximum Gasteiger partial charge on any atom is 0.495 e. The van der Waals surface area contributed by atoms with E-state index in [0.29, 0.717) is 23.8 Å². The van der Waals surface area contributed by atoms with Gasteiger partial charge in [-0.1, -0.05) is 0 Å². The molecule has 0 radical (unpaired) electrons. The second-order valence-corrected chi connectivity index (χ2v) is 5.72. The lowest BCUT2D eigenvalue weighted by molar-refractivity contribution is 0.275. The molecule has 114 valence electrons. The molecule has 6 nitrogen and oxygen atoms in total. The summed E-state index contributed by atoms with van der Waals surface area (Å²) in [4.78, 5) is 8.76. The van der Waals surface area contributed by atoms with Gasteiger partial charge in [0.2, 0.25) is 5.95 Å². The second kappa shape index (κ2) is 6.16. The van der Waals surface area contributed by atoms with E-state index in [-0.39, 0.29) is 0 Å². The number of nitrogens with zero attached hydrogens (tertiary/aromatic N) is 2. The van der Waals surface area contributed by atoms with Crippen LogP contribution in [-0.2, 0) is 11.3 Å². The average molecular weight is 317 g/mol. The molecule has 22 heavy (non-hydrogen) atoms. The predicted octanol–water partition coefficient (Wildman–Crippen LogP) is 1.48. The highest BCUT2D eigenvalue weighted by Crippen LogP contribution is 2.26. The van der Waals surface area contributed by atoms with E-state index in [0.717, 1.165) is 21.8 Å². The Morgan fingerprint density at radius 3 is 3.00 bits per heavy atom. The number of thioether (sulfide) groups is 1. The Labute approximate surface area is 133 Å². The Morgan fingerprint density at radius 2 is 2.27 bits per heavy atom. The minimum absolute atomic E-state index is 0.354. The second-order valence-electron chi connectivity index (χ2n) is 4.93. The minimum atomic E-state index is -0.933. The summed E-state index contributed by atoms with van der Waals surface area (Å²) in [6.07, 6.45) is 3.77. The maximum absolute atomic E-state index is 9.82. The van der Waals surface area contributed by atoms with Crippen LogP contribution in [0.4, 0.5) is 11.6 Å². The van der Waals surface area contributed by atoms with Gasteiger partial charge < -0.3 is 19.7 Å². The van der Waals surface area contributed by atoms with Crippen LogP contribution in [0.3, 0.4) is 0 Å². The van der Waals surface area contributed by atoms with E-state index >= 15 is 0 Å². The van der Waals surface area contributed by atoms with E-state index in [4.69, 9.17) is 9.39 Å². The van der Waals surface area contributed by atoms with Gasteiger partial charge in [-0.15, -0.1) is 11.8 Å². The molecule has 0 bridgehead atoms. The van der Waals surface area contributed by atoms with Crippen molar-refractivity contribution in [3.8, 4) is 5.75 Å². The summed E-state index contributed by atoms with van der Waals surface area (Å²) < 4.78 is 10.6. The molecule has 1 aliphatic rings. The van der Waals surface area contributed by atoms with Crippen molar-refractivity contribution in [2.75, 3.05) is 18.7 Å². The SMILES string of the molecule is COc1cc(Nc2ncc(C)c(SC)n2)cc2c1B(O)OC2. The third kappa shape index (κ3) is 2.77. The maximum atomic E-state index is 9.82. The van der Waals surface area contributed by atoms with E-state index in [2.05, 4.69) is 15.3 Å². The molecule has 2 N–H and O–H groups in total. The van der Waals surface area contributed by atoms with Crippen LogP contribution in [0.5, 0.6) is 5.75 Å². The van der Waals surface area contributed by atoms with E-state index in [1.165, 1.54) is 0 Å². The Kier molecular flexibility index (Phi) is 4.24. The van der Waals surface area contributed by atoms with Gasteiger partial charge in [0.25, 0.3) is 0 Å². The molecule has 2 heterocycles. The molecule has 8 heteroatoms. The lowest BCUT2D eigenvalue weighted by Gasteiger charge is -2.12. The molecule has 0 atom stereocenters. The summed E-state index contributed by atoms with van der Waals surface area (Å²) in [5.74, 6) is 1.11. The molecular formula is C14H16BN3O3S. The first kappa shape index (κ1) is 15.1. The number of anilines is 2. The van der Waals surface area contributed by atoms with Crippen molar-refractivity contribution in [1.82, 2.24) is 9.97 Å². The van der Waals surface area contributed by atoms with Crippen molar-refractivity contribution in [1.29, 1.82) is 0 Å². The topological polar surface area (TPSA) is 76.5 Å². The van der Waals surface area contributed by atoms with Crippen LogP contribution in [0.2, 0.25) is 0 Å². The summed E-state index contributed by atoms with van der Waals surface area (Å²) in [5.41, 5.74) is 3.42. The lowest BCUT2D eigenvalue weighted by atomic mass is 9.78. The summed E-state index contributed by atoms with van der Waals surface area (Å²) in [5, 5.41) is 13.9. The normalized spacial score (nSPS) is 13.2. The molecule has 0 spiro atoms. The number of nitrogens with one attached hydrogen (secondary N) is 1. The Bertz CT molecular complexity index is 714. The molecule has 0 amide bonds. The number of methoxy groups -OCH3 is 1. The zero-order valence-electron chi connectivity index (χ0n) is 12.6. The van der Waals surface area contributed by atoms with Crippen molar-refractivity contribution in [2.45, 2.75) is 18.6 Å². The van der Waals surface area contributed by atoms with Gasteiger partial charge in [-0.05, 0) is 30.4 Å². The van der Waals surface area contributed by atoms with Gasteiger partial charge in [-0.25, -0.2) is 9.97 Å². The van der Waals surface area contributed by atoms with Gasteiger partial charge in [0.05, 0.1) is 13.7 Å². The predicted molar refractivity (Wildman–Crippen MR) is 87.2 cm³/mol. The number of hydrogen-bond acceptors (Lipinski definition) is 7. The average Bonchev–Trinajstić information content (AvgIpc) is 2.90. The third-order valence-electron chi connectivity index (χ3n) is 3.47. The molecule has 1 aromatic carbocycles. The standard InChI is InChI=1S/C14H16BN3O3S/c1-8-6-16-14(18-13(8)22-3)17-10-4-9-7-21-15(19)12(9)11(5-10)20-2/h4-6,19H,7H2,1-3H3,(H,16,17,18). The van der Waals surface area contributed by atoms with Gasteiger partial charge in [0, 0.05) is 23.4 Å². The molecule has 0 saturated carbocycles. The zero-order chi connectivity index (χ0) is 15.7. The zero-order valence-corrected chi connectivity index (χ0v) is 13.4. The van der Waals surface area contributed by atoms with E-state index in [1.54, 1.807) is 31.1 Å². The first-order chi connectivity index (χ1) is 10.6. The third-order valence-corrected chi connectivity index (χ3v) is 4.27. The van der Waals surface area contributed by atoms with Gasteiger partial charge in [0.1, 0.15) is 10.8 Å². The van der Waals surface area contributed by atoms with E-state index in [1.807, 2.05) is 19.2 Å². The monoisotopic (exact) mass is 317 g/mol. The number of aromatic nitrogens is 2. The van der Waals surface area contributed by atoms with Gasteiger partial charge in [-0.3, -0.25) is 0 Å². The number of aryl methyl sites for hydroxylation is 1.